The van der Waals surface area contributed by atoms with Gasteiger partial charge < -0.3 is 0 Å². The number of aromatic nitrogens is 3. The molecule has 0 aliphatic carbocycles. The molecule has 0 unspecified atom stereocenters. The zero-order valence-electron chi connectivity index (χ0n) is 11.7. The minimum Gasteiger partial charge on any atom is -0.262 e. The van der Waals surface area contributed by atoms with Gasteiger partial charge in [0.05, 0.1) is 11.4 Å². The summed E-state index contributed by atoms with van der Waals surface area (Å²) in [5.74, 6) is 0.476. The number of aromatic amines is 1. The molecule has 22 heavy (non-hydrogen) atoms. The molecule has 0 saturated heterocycles. The summed E-state index contributed by atoms with van der Waals surface area (Å²) in [6.45, 7) is 0.110. The molecule has 1 N–H and O–H groups in total. The lowest BCUT2D eigenvalue weighted by Gasteiger charge is -2.17. The molecule has 0 aliphatic heterocycles. The fraction of sp³-hybridized carbons (Fsp3) is 0.143. The van der Waals surface area contributed by atoms with E-state index in [-0.39, 0.29) is 11.4 Å². The fourth-order valence-electron chi connectivity index (χ4n) is 2.23. The second-order valence-electron chi connectivity index (χ2n) is 4.78. The first kappa shape index (κ1) is 15.0. The SMILES string of the molecule is CN(Cc1ncn[nH]1)S(=O)(=O)c1ccc(Cl)c2ccccc12. The number of rotatable bonds is 4. The standard InChI is InChI=1S/C14H13ClN4O2S/c1-19(8-14-16-9-17-18-14)22(20,21)13-7-6-12(15)10-4-2-3-5-11(10)13/h2-7,9H,8H2,1H3,(H,16,17,18). The lowest BCUT2D eigenvalue weighted by atomic mass is 10.1. The Hall–Kier alpha value is -1.96. The zero-order valence-corrected chi connectivity index (χ0v) is 13.3. The molecule has 0 bridgehead atoms. The third-order valence-corrected chi connectivity index (χ3v) is 5.55. The smallest absolute Gasteiger partial charge is 0.243 e. The van der Waals surface area contributed by atoms with Gasteiger partial charge in [0.2, 0.25) is 10.0 Å². The highest BCUT2D eigenvalue weighted by atomic mass is 35.5. The molecule has 0 saturated carbocycles. The molecule has 3 aromatic rings. The van der Waals surface area contributed by atoms with E-state index in [4.69, 9.17) is 11.6 Å². The quantitative estimate of drug-likeness (QED) is 0.793. The van der Waals surface area contributed by atoms with Crippen LogP contribution in [0.15, 0.2) is 47.6 Å². The normalized spacial score (nSPS) is 12.1. The first-order chi connectivity index (χ1) is 10.5. The van der Waals surface area contributed by atoms with Gasteiger partial charge >= 0.3 is 0 Å². The van der Waals surface area contributed by atoms with Crippen molar-refractivity contribution in [3.63, 3.8) is 0 Å². The number of halogens is 1. The van der Waals surface area contributed by atoms with Crippen molar-refractivity contribution in [3.8, 4) is 0 Å². The number of nitrogens with one attached hydrogen (secondary N) is 1. The van der Waals surface area contributed by atoms with Crippen LogP contribution in [0.5, 0.6) is 0 Å². The molecule has 6 nitrogen and oxygen atoms in total. The van der Waals surface area contributed by atoms with Crippen molar-refractivity contribution >= 4 is 32.4 Å². The summed E-state index contributed by atoms with van der Waals surface area (Å²) in [4.78, 5) is 4.16. The van der Waals surface area contributed by atoms with Crippen molar-refractivity contribution in [2.75, 3.05) is 7.05 Å². The topological polar surface area (TPSA) is 79.0 Å². The average molecular weight is 337 g/mol. The average Bonchev–Trinajstić information content (AvgIpc) is 3.00. The van der Waals surface area contributed by atoms with Crippen molar-refractivity contribution in [1.29, 1.82) is 0 Å². The van der Waals surface area contributed by atoms with Crippen LogP contribution in [0.1, 0.15) is 5.82 Å². The molecule has 8 heteroatoms. The van der Waals surface area contributed by atoms with Crippen LogP contribution in [-0.4, -0.2) is 35.0 Å². The van der Waals surface area contributed by atoms with Gasteiger partial charge in [0.15, 0.2) is 0 Å². The number of hydrogen-bond acceptors (Lipinski definition) is 4. The highest BCUT2D eigenvalue weighted by molar-refractivity contribution is 7.89. The fourth-order valence-corrected chi connectivity index (χ4v) is 3.78. The highest BCUT2D eigenvalue weighted by Crippen LogP contribution is 2.30. The molecule has 0 fully saturated rings. The van der Waals surface area contributed by atoms with Crippen LogP contribution in [-0.2, 0) is 16.6 Å². The summed E-state index contributed by atoms with van der Waals surface area (Å²) in [7, 11) is -2.17. The van der Waals surface area contributed by atoms with Crippen LogP contribution in [0, 0.1) is 0 Å². The van der Waals surface area contributed by atoms with Gasteiger partial charge in [-0.3, -0.25) is 5.10 Å². The first-order valence-electron chi connectivity index (χ1n) is 6.48. The Labute approximate surface area is 132 Å². The van der Waals surface area contributed by atoms with E-state index in [1.807, 2.05) is 6.07 Å². The second kappa shape index (κ2) is 5.68. The molecule has 114 valence electrons. The Kier molecular flexibility index (Phi) is 3.86. The molecule has 2 aromatic carbocycles. The Morgan fingerprint density at radius 3 is 2.59 bits per heavy atom. The minimum absolute atomic E-state index is 0.110. The van der Waals surface area contributed by atoms with Gasteiger partial charge in [0.25, 0.3) is 0 Å². The maximum atomic E-state index is 12.8. The lowest BCUT2D eigenvalue weighted by Crippen LogP contribution is -2.27. The van der Waals surface area contributed by atoms with E-state index in [9.17, 15) is 8.42 Å². The van der Waals surface area contributed by atoms with Crippen LogP contribution in [0.3, 0.4) is 0 Å². The first-order valence-corrected chi connectivity index (χ1v) is 8.30. The Bertz CT molecular complexity index is 910. The van der Waals surface area contributed by atoms with Gasteiger partial charge in [0.1, 0.15) is 12.2 Å². The van der Waals surface area contributed by atoms with Crippen molar-refractivity contribution in [2.24, 2.45) is 0 Å². The molecule has 0 aliphatic rings. The monoisotopic (exact) mass is 336 g/mol. The number of fused-ring (bicyclic) bond motifs is 1. The van der Waals surface area contributed by atoms with E-state index in [1.165, 1.54) is 23.7 Å². The van der Waals surface area contributed by atoms with E-state index in [2.05, 4.69) is 15.2 Å². The van der Waals surface area contributed by atoms with Crippen molar-refractivity contribution < 1.29 is 8.42 Å². The number of H-pyrrole nitrogens is 1. The minimum atomic E-state index is -3.67. The van der Waals surface area contributed by atoms with Crippen molar-refractivity contribution in [3.05, 3.63) is 53.6 Å². The van der Waals surface area contributed by atoms with Crippen molar-refractivity contribution in [2.45, 2.75) is 11.4 Å². The maximum absolute atomic E-state index is 12.8. The lowest BCUT2D eigenvalue weighted by molar-refractivity contribution is 0.458. The maximum Gasteiger partial charge on any atom is 0.243 e. The zero-order chi connectivity index (χ0) is 15.7. The number of sulfonamides is 1. The second-order valence-corrected chi connectivity index (χ2v) is 7.20. The van der Waals surface area contributed by atoms with Gasteiger partial charge in [-0.15, -0.1) is 0 Å². The molecule has 1 heterocycles. The van der Waals surface area contributed by atoms with Gasteiger partial charge in [-0.2, -0.15) is 9.40 Å². The molecule has 0 atom stereocenters. The summed E-state index contributed by atoms with van der Waals surface area (Å²) < 4.78 is 26.8. The van der Waals surface area contributed by atoms with Crippen LogP contribution in [0.25, 0.3) is 10.8 Å². The Morgan fingerprint density at radius 2 is 1.91 bits per heavy atom. The highest BCUT2D eigenvalue weighted by Gasteiger charge is 2.24. The summed E-state index contributed by atoms with van der Waals surface area (Å²) in [6.07, 6.45) is 1.34. The molecule has 0 radical (unpaired) electrons. The van der Waals surface area contributed by atoms with Gasteiger partial charge in [-0.25, -0.2) is 13.4 Å². The Balaban J connectivity index is 2.07. The van der Waals surface area contributed by atoms with E-state index in [0.717, 1.165) is 0 Å². The number of hydrogen-bond donors (Lipinski definition) is 1. The molecule has 0 spiro atoms. The summed E-state index contributed by atoms with van der Waals surface area (Å²) in [5.41, 5.74) is 0. The third-order valence-electron chi connectivity index (χ3n) is 3.36. The van der Waals surface area contributed by atoms with E-state index >= 15 is 0 Å². The number of benzene rings is 2. The van der Waals surface area contributed by atoms with E-state index in [1.54, 1.807) is 24.3 Å². The Morgan fingerprint density at radius 1 is 1.18 bits per heavy atom. The molecule has 1 aromatic heterocycles. The predicted molar refractivity (Wildman–Crippen MR) is 84.0 cm³/mol. The van der Waals surface area contributed by atoms with Crippen LogP contribution >= 0.6 is 11.6 Å². The van der Waals surface area contributed by atoms with Crippen molar-refractivity contribution in [1.82, 2.24) is 19.5 Å². The molecular weight excluding hydrogens is 324 g/mol. The summed E-state index contributed by atoms with van der Waals surface area (Å²) in [6, 6.07) is 10.3. The predicted octanol–water partition coefficient (Wildman–Crippen LogP) is 2.43. The van der Waals surface area contributed by atoms with Gasteiger partial charge in [-0.05, 0) is 12.1 Å². The van der Waals surface area contributed by atoms with Crippen LogP contribution < -0.4 is 0 Å². The summed E-state index contributed by atoms with van der Waals surface area (Å²) >= 11 is 6.14. The van der Waals surface area contributed by atoms with Gasteiger partial charge in [-0.1, -0.05) is 35.9 Å². The van der Waals surface area contributed by atoms with E-state index in [0.29, 0.717) is 21.6 Å². The molecule has 3 rings (SSSR count). The van der Waals surface area contributed by atoms with Crippen LogP contribution in [0.2, 0.25) is 5.02 Å². The third kappa shape index (κ3) is 2.58. The van der Waals surface area contributed by atoms with Crippen LogP contribution in [0.4, 0.5) is 0 Å². The van der Waals surface area contributed by atoms with Gasteiger partial charge in [0, 0.05) is 22.8 Å². The van der Waals surface area contributed by atoms with E-state index < -0.39 is 10.0 Å². The number of nitrogens with zero attached hydrogens (tertiary/aromatic N) is 3. The summed E-state index contributed by atoms with van der Waals surface area (Å²) in [5, 5.41) is 8.19. The molecule has 0 amide bonds. The largest absolute Gasteiger partial charge is 0.262 e. The molecular formula is C14H13ClN4O2S.